The van der Waals surface area contributed by atoms with Gasteiger partial charge in [-0.05, 0) is 29.8 Å². The zero-order chi connectivity index (χ0) is 16.5. The number of ether oxygens (including phenoxy) is 2. The van der Waals surface area contributed by atoms with Crippen LogP contribution >= 0.6 is 0 Å². The van der Waals surface area contributed by atoms with Crippen molar-refractivity contribution in [1.82, 2.24) is 4.98 Å². The van der Waals surface area contributed by atoms with Gasteiger partial charge in [-0.1, -0.05) is 18.7 Å². The van der Waals surface area contributed by atoms with Crippen molar-refractivity contribution in [3.05, 3.63) is 60.3 Å². The zero-order valence-corrected chi connectivity index (χ0v) is 13.0. The fourth-order valence-corrected chi connectivity index (χ4v) is 2.83. The van der Waals surface area contributed by atoms with Crippen molar-refractivity contribution >= 4 is 17.3 Å². The van der Waals surface area contributed by atoms with Crippen molar-refractivity contribution in [3.8, 4) is 11.5 Å². The number of anilines is 2. The Bertz CT molecular complexity index is 832. The van der Waals surface area contributed by atoms with Crippen molar-refractivity contribution in [2.45, 2.75) is 12.6 Å². The molecule has 122 valence electrons. The van der Waals surface area contributed by atoms with Crippen LogP contribution in [0.4, 0.5) is 11.5 Å². The fraction of sp³-hybridized carbons (Fsp3) is 0.167. The van der Waals surface area contributed by atoms with E-state index in [0.717, 1.165) is 35.0 Å². The van der Waals surface area contributed by atoms with Gasteiger partial charge in [-0.25, -0.2) is 4.98 Å². The van der Waals surface area contributed by atoms with Gasteiger partial charge < -0.3 is 25.2 Å². The van der Waals surface area contributed by atoms with Crippen LogP contribution in [-0.2, 0) is 6.42 Å². The number of pyridine rings is 1. The summed E-state index contributed by atoms with van der Waals surface area (Å²) >= 11 is 0. The van der Waals surface area contributed by atoms with Gasteiger partial charge in [0.2, 0.25) is 6.79 Å². The molecule has 0 saturated carbocycles. The van der Waals surface area contributed by atoms with E-state index in [-0.39, 0.29) is 18.7 Å². The molecule has 4 rings (SSSR count). The molecule has 0 radical (unpaired) electrons. The van der Waals surface area contributed by atoms with Crippen LogP contribution in [0.3, 0.4) is 0 Å². The van der Waals surface area contributed by atoms with E-state index < -0.39 is 0 Å². The number of rotatable bonds is 4. The first kappa shape index (κ1) is 14.4. The number of hydrogen-bond acceptors (Lipinski definition) is 6. The van der Waals surface area contributed by atoms with Crippen LogP contribution in [0.25, 0.3) is 5.76 Å². The second kappa shape index (κ2) is 5.81. The number of nitrogens with zero attached hydrogens (tertiary/aromatic N) is 1. The van der Waals surface area contributed by atoms with E-state index in [9.17, 15) is 5.11 Å². The van der Waals surface area contributed by atoms with E-state index in [0.29, 0.717) is 5.56 Å². The van der Waals surface area contributed by atoms with Gasteiger partial charge in [0.25, 0.3) is 0 Å². The van der Waals surface area contributed by atoms with Gasteiger partial charge in [0.15, 0.2) is 17.3 Å². The van der Waals surface area contributed by atoms with Crippen molar-refractivity contribution < 1.29 is 14.6 Å². The lowest BCUT2D eigenvalue weighted by Gasteiger charge is -2.12. The van der Waals surface area contributed by atoms with Crippen LogP contribution in [0.2, 0.25) is 0 Å². The molecule has 1 atom stereocenters. The smallest absolute Gasteiger partial charge is 0.231 e. The van der Waals surface area contributed by atoms with Gasteiger partial charge in [-0.3, -0.25) is 0 Å². The average Bonchev–Trinajstić information content (AvgIpc) is 3.19. The van der Waals surface area contributed by atoms with Crippen LogP contribution in [-0.4, -0.2) is 23.0 Å². The summed E-state index contributed by atoms with van der Waals surface area (Å²) < 4.78 is 10.7. The van der Waals surface area contributed by atoms with Crippen LogP contribution in [0.1, 0.15) is 11.1 Å². The fourth-order valence-electron chi connectivity index (χ4n) is 2.83. The van der Waals surface area contributed by atoms with Crippen molar-refractivity contribution in [2.75, 3.05) is 17.4 Å². The summed E-state index contributed by atoms with van der Waals surface area (Å²) in [6.07, 6.45) is 5.49. The third-order valence-corrected chi connectivity index (χ3v) is 3.98. The Morgan fingerprint density at radius 2 is 2.17 bits per heavy atom. The molecule has 2 aliphatic heterocycles. The predicted molar refractivity (Wildman–Crippen MR) is 92.3 cm³/mol. The first-order valence-corrected chi connectivity index (χ1v) is 7.66. The highest BCUT2D eigenvalue weighted by molar-refractivity contribution is 5.75. The number of aliphatic hydroxyl groups excluding tert-OH is 1. The summed E-state index contributed by atoms with van der Waals surface area (Å²) in [5.41, 5.74) is 2.64. The third kappa shape index (κ3) is 2.62. The molecule has 1 aromatic carbocycles. The van der Waals surface area contributed by atoms with Gasteiger partial charge in [-0.15, -0.1) is 0 Å². The summed E-state index contributed by atoms with van der Waals surface area (Å²) in [6.45, 7) is 3.85. The lowest BCUT2D eigenvalue weighted by Crippen LogP contribution is -2.24. The molecule has 2 aliphatic rings. The quantitative estimate of drug-likeness (QED) is 0.592. The third-order valence-electron chi connectivity index (χ3n) is 3.98. The average molecular weight is 323 g/mol. The molecule has 3 N–H and O–H groups in total. The minimum Gasteiger partial charge on any atom is -0.507 e. The largest absolute Gasteiger partial charge is 0.507 e. The van der Waals surface area contributed by atoms with E-state index in [1.807, 2.05) is 24.3 Å². The number of hydrogen-bond donors (Lipinski definition) is 3. The van der Waals surface area contributed by atoms with Gasteiger partial charge in [0, 0.05) is 18.2 Å². The first-order chi connectivity index (χ1) is 11.7. The summed E-state index contributed by atoms with van der Waals surface area (Å²) in [4.78, 5) is 4.36. The maximum Gasteiger partial charge on any atom is 0.231 e. The Morgan fingerprint density at radius 3 is 3.04 bits per heavy atom. The van der Waals surface area contributed by atoms with Gasteiger partial charge in [0.1, 0.15) is 11.9 Å². The minimum atomic E-state index is 0.0219. The molecule has 2 aromatic rings. The molecular formula is C18H17N3O3. The maximum absolute atomic E-state index is 9.92. The van der Waals surface area contributed by atoms with Crippen LogP contribution in [0.5, 0.6) is 11.5 Å². The van der Waals surface area contributed by atoms with Crippen molar-refractivity contribution in [1.29, 1.82) is 0 Å². The molecular weight excluding hydrogens is 306 g/mol. The summed E-state index contributed by atoms with van der Waals surface area (Å²) in [5.74, 6) is 2.48. The molecule has 1 unspecified atom stereocenters. The standard InChI is InChI=1S/C18H17N3O3/c1-2-3-14(22)12-8-13-18(19-9-12)21-17(20-13)7-11-4-5-15-16(6-11)24-10-23-15/h2-6,8-9,17,20,22H,1,7,10H2,(H,19,21)/b14-3-. The number of allylic oxidation sites excluding steroid dienone is 2. The Morgan fingerprint density at radius 1 is 1.29 bits per heavy atom. The van der Waals surface area contributed by atoms with Crippen molar-refractivity contribution in [3.63, 3.8) is 0 Å². The zero-order valence-electron chi connectivity index (χ0n) is 13.0. The number of aromatic nitrogens is 1. The minimum absolute atomic E-state index is 0.0219. The molecule has 0 fully saturated rings. The van der Waals surface area contributed by atoms with Crippen LogP contribution < -0.4 is 20.1 Å². The normalized spacial score (nSPS) is 17.8. The van der Waals surface area contributed by atoms with Gasteiger partial charge in [0.05, 0.1) is 5.69 Å². The highest BCUT2D eigenvalue weighted by Crippen LogP contribution is 2.34. The molecule has 0 bridgehead atoms. The molecule has 24 heavy (non-hydrogen) atoms. The molecule has 6 heteroatoms. The monoisotopic (exact) mass is 323 g/mol. The number of aliphatic hydroxyl groups is 1. The van der Waals surface area contributed by atoms with E-state index in [1.165, 1.54) is 12.2 Å². The number of benzene rings is 1. The molecule has 0 aliphatic carbocycles. The summed E-state index contributed by atoms with van der Waals surface area (Å²) in [5, 5.41) is 16.6. The molecule has 3 heterocycles. The highest BCUT2D eigenvalue weighted by atomic mass is 16.7. The van der Waals surface area contributed by atoms with Crippen LogP contribution in [0, 0.1) is 0 Å². The molecule has 0 amide bonds. The number of fused-ring (bicyclic) bond motifs is 2. The van der Waals surface area contributed by atoms with Crippen LogP contribution in [0.15, 0.2) is 49.2 Å². The van der Waals surface area contributed by atoms with E-state index in [4.69, 9.17) is 9.47 Å². The van der Waals surface area contributed by atoms with E-state index in [2.05, 4.69) is 22.2 Å². The van der Waals surface area contributed by atoms with Gasteiger partial charge in [-0.2, -0.15) is 0 Å². The Labute approximate surface area is 139 Å². The summed E-state index contributed by atoms with van der Waals surface area (Å²) in [6, 6.07) is 7.81. The lowest BCUT2D eigenvalue weighted by molar-refractivity contribution is 0.174. The van der Waals surface area contributed by atoms with Gasteiger partial charge >= 0.3 is 0 Å². The van der Waals surface area contributed by atoms with E-state index >= 15 is 0 Å². The Balaban J connectivity index is 1.49. The molecule has 0 saturated heterocycles. The second-order valence-corrected chi connectivity index (χ2v) is 5.64. The molecule has 1 aromatic heterocycles. The van der Waals surface area contributed by atoms with E-state index in [1.54, 1.807) is 6.20 Å². The lowest BCUT2D eigenvalue weighted by atomic mass is 10.1. The SMILES string of the molecule is C=C/C=C(\O)c1cnc2c(c1)NC(Cc1ccc3c(c1)OCO3)N2. The Kier molecular flexibility index (Phi) is 3.49. The Hall–Kier alpha value is -3.15. The van der Waals surface area contributed by atoms with Crippen molar-refractivity contribution in [2.24, 2.45) is 0 Å². The maximum atomic E-state index is 9.92. The molecule has 0 spiro atoms. The number of nitrogens with one attached hydrogen (secondary N) is 2. The second-order valence-electron chi connectivity index (χ2n) is 5.64. The summed E-state index contributed by atoms with van der Waals surface area (Å²) in [7, 11) is 0. The highest BCUT2D eigenvalue weighted by Gasteiger charge is 2.22. The topological polar surface area (TPSA) is 75.6 Å². The first-order valence-electron chi connectivity index (χ1n) is 7.66. The predicted octanol–water partition coefficient (Wildman–Crippen LogP) is 3.30. The molecule has 6 nitrogen and oxygen atoms in total.